The average Bonchev–Trinajstić information content (AvgIpc) is 3.06. The van der Waals surface area contributed by atoms with Gasteiger partial charge in [-0.1, -0.05) is 18.2 Å². The number of furan rings is 1. The molecular weight excluding hydrogens is 224 g/mol. The van der Waals surface area contributed by atoms with Crippen LogP contribution in [0.5, 0.6) is 0 Å². The lowest BCUT2D eigenvalue weighted by Crippen LogP contribution is -2.17. The van der Waals surface area contributed by atoms with Crippen molar-refractivity contribution in [2.24, 2.45) is 0 Å². The summed E-state index contributed by atoms with van der Waals surface area (Å²) in [6.07, 6.45) is 3.77. The van der Waals surface area contributed by atoms with Crippen molar-refractivity contribution in [1.29, 1.82) is 0 Å². The zero-order valence-corrected chi connectivity index (χ0v) is 10.3. The molecule has 0 saturated heterocycles. The van der Waals surface area contributed by atoms with Crippen LogP contribution < -0.4 is 5.32 Å². The molecule has 3 heteroatoms. The second-order valence-electron chi connectivity index (χ2n) is 4.48. The van der Waals surface area contributed by atoms with Gasteiger partial charge in [-0.3, -0.25) is 0 Å². The quantitative estimate of drug-likeness (QED) is 0.731. The number of para-hydroxylation sites is 1. The van der Waals surface area contributed by atoms with Crippen molar-refractivity contribution in [3.8, 4) is 0 Å². The van der Waals surface area contributed by atoms with E-state index < -0.39 is 0 Å². The van der Waals surface area contributed by atoms with E-state index in [1.165, 1.54) is 16.5 Å². The van der Waals surface area contributed by atoms with Gasteiger partial charge in [0, 0.05) is 23.6 Å². The summed E-state index contributed by atoms with van der Waals surface area (Å²) in [7, 11) is 0. The number of fused-ring (bicyclic) bond motifs is 1. The first-order valence-corrected chi connectivity index (χ1v) is 6.16. The van der Waals surface area contributed by atoms with Crippen molar-refractivity contribution in [2.45, 2.75) is 19.5 Å². The highest BCUT2D eigenvalue weighted by Crippen LogP contribution is 2.19. The van der Waals surface area contributed by atoms with E-state index in [1.54, 1.807) is 6.26 Å². The summed E-state index contributed by atoms with van der Waals surface area (Å²) in [5.74, 6) is 0.967. The summed E-state index contributed by atoms with van der Waals surface area (Å²) >= 11 is 0. The molecule has 3 aromatic rings. The van der Waals surface area contributed by atoms with Crippen LogP contribution in [0.3, 0.4) is 0 Å². The molecule has 0 spiro atoms. The molecule has 0 radical (unpaired) electrons. The average molecular weight is 240 g/mol. The molecule has 2 aromatic heterocycles. The highest BCUT2D eigenvalue weighted by molar-refractivity contribution is 5.82. The molecule has 2 N–H and O–H groups in total. The number of rotatable bonds is 4. The van der Waals surface area contributed by atoms with Crippen molar-refractivity contribution in [2.75, 3.05) is 0 Å². The van der Waals surface area contributed by atoms with E-state index >= 15 is 0 Å². The molecule has 0 saturated carbocycles. The van der Waals surface area contributed by atoms with Crippen molar-refractivity contribution < 1.29 is 4.42 Å². The Morgan fingerprint density at radius 2 is 2.11 bits per heavy atom. The number of hydrogen-bond acceptors (Lipinski definition) is 2. The fraction of sp³-hybridized carbons (Fsp3) is 0.200. The fourth-order valence-electron chi connectivity index (χ4n) is 2.18. The number of hydrogen-bond donors (Lipinski definition) is 2. The first-order chi connectivity index (χ1) is 8.84. The lowest BCUT2D eigenvalue weighted by Gasteiger charge is -2.10. The Labute approximate surface area is 106 Å². The van der Waals surface area contributed by atoms with Gasteiger partial charge in [0.15, 0.2) is 0 Å². The zero-order chi connectivity index (χ0) is 12.4. The van der Waals surface area contributed by atoms with Crippen LogP contribution in [0.25, 0.3) is 10.9 Å². The third-order valence-electron chi connectivity index (χ3n) is 3.24. The molecular formula is C15H16N2O. The second-order valence-corrected chi connectivity index (χ2v) is 4.48. The summed E-state index contributed by atoms with van der Waals surface area (Å²) in [5.41, 5.74) is 2.46. The maximum absolute atomic E-state index is 5.38. The van der Waals surface area contributed by atoms with E-state index in [4.69, 9.17) is 4.42 Å². The summed E-state index contributed by atoms with van der Waals surface area (Å²) in [4.78, 5) is 3.28. The molecule has 0 amide bonds. The van der Waals surface area contributed by atoms with Gasteiger partial charge in [0.2, 0.25) is 0 Å². The van der Waals surface area contributed by atoms with Gasteiger partial charge in [0.1, 0.15) is 5.76 Å². The van der Waals surface area contributed by atoms with E-state index in [-0.39, 0.29) is 6.04 Å². The molecule has 0 aliphatic rings. The molecule has 2 heterocycles. The molecule has 3 rings (SSSR count). The monoisotopic (exact) mass is 240 g/mol. The van der Waals surface area contributed by atoms with Gasteiger partial charge in [-0.2, -0.15) is 0 Å². The predicted octanol–water partition coefficient (Wildman–Crippen LogP) is 3.61. The summed E-state index contributed by atoms with van der Waals surface area (Å²) < 4.78 is 5.38. The van der Waals surface area contributed by atoms with E-state index in [0.29, 0.717) is 0 Å². The Morgan fingerprint density at radius 3 is 2.94 bits per heavy atom. The minimum absolute atomic E-state index is 0.216. The number of H-pyrrole nitrogens is 1. The van der Waals surface area contributed by atoms with Gasteiger partial charge >= 0.3 is 0 Å². The summed E-state index contributed by atoms with van der Waals surface area (Å²) in [6.45, 7) is 2.93. The van der Waals surface area contributed by atoms with Crippen LogP contribution in [0.15, 0.2) is 53.3 Å². The van der Waals surface area contributed by atoms with Gasteiger partial charge in [0.05, 0.1) is 12.3 Å². The number of benzene rings is 1. The topological polar surface area (TPSA) is 41.0 Å². The van der Waals surface area contributed by atoms with Crippen molar-refractivity contribution >= 4 is 10.9 Å². The molecule has 1 atom stereocenters. The molecule has 92 valence electrons. The molecule has 0 fully saturated rings. The van der Waals surface area contributed by atoms with Crippen LogP contribution in [0.2, 0.25) is 0 Å². The Kier molecular flexibility index (Phi) is 2.90. The lowest BCUT2D eigenvalue weighted by molar-refractivity contribution is 0.430. The maximum Gasteiger partial charge on any atom is 0.120 e. The van der Waals surface area contributed by atoms with E-state index in [9.17, 15) is 0 Å². The van der Waals surface area contributed by atoms with Crippen molar-refractivity contribution in [3.05, 3.63) is 60.2 Å². The van der Waals surface area contributed by atoms with Gasteiger partial charge in [-0.25, -0.2) is 0 Å². The molecule has 0 aliphatic carbocycles. The van der Waals surface area contributed by atoms with Crippen LogP contribution in [0.4, 0.5) is 0 Å². The normalized spacial score (nSPS) is 12.9. The van der Waals surface area contributed by atoms with Gasteiger partial charge in [-0.05, 0) is 30.7 Å². The van der Waals surface area contributed by atoms with E-state index in [2.05, 4.69) is 41.6 Å². The fourth-order valence-corrected chi connectivity index (χ4v) is 2.18. The first kappa shape index (κ1) is 11.1. The van der Waals surface area contributed by atoms with Crippen molar-refractivity contribution in [3.63, 3.8) is 0 Å². The molecule has 3 nitrogen and oxygen atoms in total. The van der Waals surface area contributed by atoms with Gasteiger partial charge < -0.3 is 14.7 Å². The minimum atomic E-state index is 0.216. The number of aromatic nitrogens is 1. The first-order valence-electron chi connectivity index (χ1n) is 6.16. The van der Waals surface area contributed by atoms with E-state index in [1.807, 2.05) is 18.2 Å². The Bertz CT molecular complexity index is 625. The Morgan fingerprint density at radius 1 is 1.22 bits per heavy atom. The van der Waals surface area contributed by atoms with Crippen LogP contribution >= 0.6 is 0 Å². The molecule has 1 unspecified atom stereocenters. The summed E-state index contributed by atoms with van der Waals surface area (Å²) in [6, 6.07) is 12.5. The zero-order valence-electron chi connectivity index (χ0n) is 10.3. The van der Waals surface area contributed by atoms with Crippen molar-refractivity contribution in [1.82, 2.24) is 10.3 Å². The molecule has 1 aromatic carbocycles. The maximum atomic E-state index is 5.38. The largest absolute Gasteiger partial charge is 0.468 e. The highest BCUT2D eigenvalue weighted by atomic mass is 16.3. The van der Waals surface area contributed by atoms with Crippen LogP contribution in [-0.2, 0) is 6.54 Å². The third kappa shape index (κ3) is 2.05. The van der Waals surface area contributed by atoms with Crippen LogP contribution in [-0.4, -0.2) is 4.98 Å². The minimum Gasteiger partial charge on any atom is -0.468 e. The highest BCUT2D eigenvalue weighted by Gasteiger charge is 2.08. The third-order valence-corrected chi connectivity index (χ3v) is 3.24. The molecule has 0 aliphatic heterocycles. The van der Waals surface area contributed by atoms with Crippen LogP contribution in [0.1, 0.15) is 24.3 Å². The smallest absolute Gasteiger partial charge is 0.120 e. The predicted molar refractivity (Wildman–Crippen MR) is 72.3 cm³/mol. The Balaban J connectivity index is 1.73. The number of aromatic amines is 1. The Hall–Kier alpha value is -2.00. The SMILES string of the molecule is CC(NCc1c[nH]c2ccccc12)c1ccco1. The lowest BCUT2D eigenvalue weighted by atomic mass is 10.1. The molecule has 18 heavy (non-hydrogen) atoms. The van der Waals surface area contributed by atoms with E-state index in [0.717, 1.165) is 12.3 Å². The summed E-state index contributed by atoms with van der Waals surface area (Å²) in [5, 5.41) is 4.74. The standard InChI is InChI=1S/C15H16N2O/c1-11(15-7-4-8-18-15)16-9-12-10-17-14-6-3-2-5-13(12)14/h2-8,10-11,16-17H,9H2,1H3. The van der Waals surface area contributed by atoms with Gasteiger partial charge in [-0.15, -0.1) is 0 Å². The van der Waals surface area contributed by atoms with Gasteiger partial charge in [0.25, 0.3) is 0 Å². The second kappa shape index (κ2) is 4.70. The molecule has 0 bridgehead atoms. The number of nitrogens with one attached hydrogen (secondary N) is 2. The van der Waals surface area contributed by atoms with Crippen LogP contribution in [0, 0.1) is 0 Å².